The highest BCUT2D eigenvalue weighted by molar-refractivity contribution is 9.10. The molecule has 3 nitrogen and oxygen atoms in total. The van der Waals surface area contributed by atoms with Crippen LogP contribution in [0.5, 0.6) is 5.75 Å². The van der Waals surface area contributed by atoms with Crippen LogP contribution in [0.4, 0.5) is 5.69 Å². The van der Waals surface area contributed by atoms with Crippen molar-refractivity contribution in [2.24, 2.45) is 0 Å². The van der Waals surface area contributed by atoms with Crippen LogP contribution in [0.3, 0.4) is 0 Å². The van der Waals surface area contributed by atoms with E-state index in [9.17, 15) is 4.79 Å². The third-order valence-electron chi connectivity index (χ3n) is 3.03. The van der Waals surface area contributed by atoms with Crippen molar-refractivity contribution in [1.82, 2.24) is 0 Å². The maximum atomic E-state index is 12.4. The predicted octanol–water partition coefficient (Wildman–Crippen LogP) is 4.80. The Morgan fingerprint density at radius 3 is 2.71 bits per heavy atom. The van der Waals surface area contributed by atoms with E-state index in [0.717, 1.165) is 16.5 Å². The van der Waals surface area contributed by atoms with Crippen LogP contribution in [0.2, 0.25) is 0 Å². The van der Waals surface area contributed by atoms with E-state index < -0.39 is 0 Å². The van der Waals surface area contributed by atoms with Crippen molar-refractivity contribution in [3.8, 4) is 5.75 Å². The number of rotatable bonds is 5. The number of carbonyl (C=O) groups excluding carboxylic acids is 1. The fourth-order valence-corrected chi connectivity index (χ4v) is 2.36. The first-order valence-corrected chi connectivity index (χ1v) is 7.71. The molecule has 2 aromatic carbocycles. The van der Waals surface area contributed by atoms with Gasteiger partial charge in [-0.15, -0.1) is 0 Å². The largest absolute Gasteiger partial charge is 0.491 e. The summed E-state index contributed by atoms with van der Waals surface area (Å²) >= 11 is 3.46. The number of hydrogen-bond donors (Lipinski definition) is 1. The Kier molecular flexibility index (Phi) is 5.39. The van der Waals surface area contributed by atoms with Crippen LogP contribution in [0.1, 0.15) is 29.3 Å². The van der Waals surface area contributed by atoms with Crippen molar-refractivity contribution >= 4 is 27.5 Å². The molecular formula is C17H18BrNO2. The Bertz CT molecular complexity index is 640. The molecule has 4 heteroatoms. The van der Waals surface area contributed by atoms with Gasteiger partial charge in [0.1, 0.15) is 5.75 Å². The molecule has 0 atom stereocenters. The quantitative estimate of drug-likeness (QED) is 0.843. The van der Waals surface area contributed by atoms with Gasteiger partial charge in [-0.1, -0.05) is 31.2 Å². The summed E-state index contributed by atoms with van der Waals surface area (Å²) in [4.78, 5) is 12.4. The molecular weight excluding hydrogens is 330 g/mol. The summed E-state index contributed by atoms with van der Waals surface area (Å²) in [5.74, 6) is 0.537. The van der Waals surface area contributed by atoms with Crippen LogP contribution >= 0.6 is 15.9 Å². The van der Waals surface area contributed by atoms with Gasteiger partial charge in [0.25, 0.3) is 5.91 Å². The van der Waals surface area contributed by atoms with Crippen molar-refractivity contribution in [3.05, 3.63) is 58.1 Å². The highest BCUT2D eigenvalue weighted by Crippen LogP contribution is 2.26. The van der Waals surface area contributed by atoms with Crippen LogP contribution in [-0.2, 0) is 0 Å². The second-order valence-corrected chi connectivity index (χ2v) is 5.53. The zero-order valence-electron chi connectivity index (χ0n) is 12.2. The van der Waals surface area contributed by atoms with Crippen LogP contribution in [0.25, 0.3) is 0 Å². The summed E-state index contributed by atoms with van der Waals surface area (Å²) in [6.07, 6.45) is 0.922. The van der Waals surface area contributed by atoms with Crippen LogP contribution in [0, 0.1) is 6.92 Å². The highest BCUT2D eigenvalue weighted by Gasteiger charge is 2.13. The van der Waals surface area contributed by atoms with Crippen molar-refractivity contribution in [1.29, 1.82) is 0 Å². The number of aryl methyl sites for hydroxylation is 1. The number of amides is 1. The average molecular weight is 348 g/mol. The normalized spacial score (nSPS) is 10.2. The van der Waals surface area contributed by atoms with E-state index in [1.807, 2.05) is 50.2 Å². The first kappa shape index (κ1) is 15.6. The summed E-state index contributed by atoms with van der Waals surface area (Å²) in [6, 6.07) is 13.1. The van der Waals surface area contributed by atoms with E-state index in [1.165, 1.54) is 0 Å². The van der Waals surface area contributed by atoms with E-state index in [4.69, 9.17) is 4.74 Å². The number of halogens is 1. The Morgan fingerprint density at radius 1 is 1.19 bits per heavy atom. The van der Waals surface area contributed by atoms with E-state index in [-0.39, 0.29) is 5.91 Å². The third-order valence-corrected chi connectivity index (χ3v) is 4.09. The molecule has 2 rings (SSSR count). The molecule has 110 valence electrons. The van der Waals surface area contributed by atoms with Gasteiger partial charge < -0.3 is 10.1 Å². The Morgan fingerprint density at radius 2 is 1.95 bits per heavy atom. The SMILES string of the molecule is CCCOc1ccccc1NC(=O)c1cccc(C)c1Br. The molecule has 0 heterocycles. The fraction of sp³-hybridized carbons (Fsp3) is 0.235. The molecule has 0 radical (unpaired) electrons. The van der Waals surface area contributed by atoms with Gasteiger partial charge >= 0.3 is 0 Å². The highest BCUT2D eigenvalue weighted by atomic mass is 79.9. The molecule has 0 fully saturated rings. The number of para-hydroxylation sites is 2. The Labute approximate surface area is 133 Å². The minimum Gasteiger partial charge on any atom is -0.491 e. The molecule has 0 bridgehead atoms. The molecule has 0 aliphatic carbocycles. The van der Waals surface area contributed by atoms with Gasteiger partial charge in [-0.05, 0) is 53.0 Å². The Balaban J connectivity index is 2.22. The summed E-state index contributed by atoms with van der Waals surface area (Å²) in [6.45, 7) is 4.63. The van der Waals surface area contributed by atoms with E-state index in [0.29, 0.717) is 23.6 Å². The van der Waals surface area contributed by atoms with Gasteiger partial charge in [-0.25, -0.2) is 0 Å². The van der Waals surface area contributed by atoms with Crippen molar-refractivity contribution in [2.45, 2.75) is 20.3 Å². The molecule has 21 heavy (non-hydrogen) atoms. The summed E-state index contributed by atoms with van der Waals surface area (Å²) < 4.78 is 6.46. The zero-order valence-corrected chi connectivity index (χ0v) is 13.7. The minimum absolute atomic E-state index is 0.155. The lowest BCUT2D eigenvalue weighted by atomic mass is 10.1. The molecule has 1 N–H and O–H groups in total. The maximum Gasteiger partial charge on any atom is 0.256 e. The third kappa shape index (κ3) is 3.85. The molecule has 0 saturated heterocycles. The average Bonchev–Trinajstić information content (AvgIpc) is 2.49. The van der Waals surface area contributed by atoms with E-state index >= 15 is 0 Å². The fourth-order valence-electron chi connectivity index (χ4n) is 1.92. The van der Waals surface area contributed by atoms with Crippen molar-refractivity contribution in [2.75, 3.05) is 11.9 Å². The van der Waals surface area contributed by atoms with Gasteiger partial charge in [-0.2, -0.15) is 0 Å². The summed E-state index contributed by atoms with van der Waals surface area (Å²) in [7, 11) is 0. The molecule has 0 saturated carbocycles. The van der Waals surface area contributed by atoms with Crippen molar-refractivity contribution < 1.29 is 9.53 Å². The number of nitrogens with one attached hydrogen (secondary N) is 1. The molecule has 0 aromatic heterocycles. The summed E-state index contributed by atoms with van der Waals surface area (Å²) in [5, 5.41) is 2.91. The monoisotopic (exact) mass is 347 g/mol. The predicted molar refractivity (Wildman–Crippen MR) is 89.1 cm³/mol. The number of hydrogen-bond acceptors (Lipinski definition) is 2. The number of benzene rings is 2. The van der Waals surface area contributed by atoms with Crippen LogP contribution < -0.4 is 10.1 Å². The molecule has 0 aliphatic rings. The molecule has 0 unspecified atom stereocenters. The zero-order chi connectivity index (χ0) is 15.2. The standard InChI is InChI=1S/C17H18BrNO2/c1-3-11-21-15-10-5-4-9-14(15)19-17(20)13-8-6-7-12(2)16(13)18/h4-10H,3,11H2,1-2H3,(H,19,20). The number of ether oxygens (including phenoxy) is 1. The number of carbonyl (C=O) groups is 1. The van der Waals surface area contributed by atoms with Crippen LogP contribution in [0.15, 0.2) is 46.9 Å². The first-order valence-electron chi connectivity index (χ1n) is 6.91. The first-order chi connectivity index (χ1) is 10.1. The summed E-state index contributed by atoms with van der Waals surface area (Å²) in [5.41, 5.74) is 2.32. The minimum atomic E-state index is -0.155. The van der Waals surface area contributed by atoms with Crippen molar-refractivity contribution in [3.63, 3.8) is 0 Å². The van der Waals surface area contributed by atoms with Gasteiger partial charge in [0.05, 0.1) is 17.9 Å². The molecule has 0 spiro atoms. The van der Waals surface area contributed by atoms with Gasteiger partial charge in [0, 0.05) is 4.47 Å². The number of anilines is 1. The van der Waals surface area contributed by atoms with Gasteiger partial charge in [-0.3, -0.25) is 4.79 Å². The van der Waals surface area contributed by atoms with Gasteiger partial charge in [0.15, 0.2) is 0 Å². The van der Waals surface area contributed by atoms with Crippen LogP contribution in [-0.4, -0.2) is 12.5 Å². The lowest BCUT2D eigenvalue weighted by molar-refractivity contribution is 0.102. The lowest BCUT2D eigenvalue weighted by Crippen LogP contribution is -2.14. The molecule has 2 aromatic rings. The smallest absolute Gasteiger partial charge is 0.256 e. The van der Waals surface area contributed by atoms with Gasteiger partial charge in [0.2, 0.25) is 0 Å². The lowest BCUT2D eigenvalue weighted by Gasteiger charge is -2.13. The maximum absolute atomic E-state index is 12.4. The molecule has 1 amide bonds. The second kappa shape index (κ2) is 7.27. The molecule has 0 aliphatic heterocycles. The van der Waals surface area contributed by atoms with E-state index in [1.54, 1.807) is 6.07 Å². The second-order valence-electron chi connectivity index (χ2n) is 4.74. The van der Waals surface area contributed by atoms with E-state index in [2.05, 4.69) is 21.2 Å². The Hall–Kier alpha value is -1.81. The topological polar surface area (TPSA) is 38.3 Å².